The number of halogens is 1. The van der Waals surface area contributed by atoms with Gasteiger partial charge in [-0.05, 0) is 30.4 Å². The molecule has 1 atom stereocenters. The highest BCUT2D eigenvalue weighted by molar-refractivity contribution is 9.09. The highest BCUT2D eigenvalue weighted by Crippen LogP contribution is 2.66. The van der Waals surface area contributed by atoms with Gasteiger partial charge >= 0.3 is 0 Å². The molecule has 0 radical (unpaired) electrons. The van der Waals surface area contributed by atoms with Crippen LogP contribution in [-0.4, -0.2) is 0 Å². The van der Waals surface area contributed by atoms with Gasteiger partial charge in [-0.1, -0.05) is 40.2 Å². The van der Waals surface area contributed by atoms with E-state index in [1.54, 1.807) is 0 Å². The summed E-state index contributed by atoms with van der Waals surface area (Å²) in [6.45, 7) is 0. The number of fused-ring (bicyclic) bond motifs is 1. The van der Waals surface area contributed by atoms with E-state index >= 15 is 0 Å². The molecule has 13 heavy (non-hydrogen) atoms. The molecule has 1 nitrogen and oxygen atoms in total. The van der Waals surface area contributed by atoms with Gasteiger partial charge in [0.15, 0.2) is 0 Å². The Balaban J connectivity index is 2.20. The minimum atomic E-state index is -0.253. The number of benzene rings is 1. The predicted molar refractivity (Wildman–Crippen MR) is 56.6 cm³/mol. The lowest BCUT2D eigenvalue weighted by Crippen LogP contribution is -2.35. The smallest absolute Gasteiger partial charge is 0.103 e. The standard InChI is InChI=1S/C11H12BrN/c12-11(13)9-4-2-1-3-8(9)7-10(11)5-6-10/h1-4H,5-7,13H2. The zero-order chi connectivity index (χ0) is 9.10. The van der Waals surface area contributed by atoms with Crippen LogP contribution in [0.2, 0.25) is 0 Å². The maximum absolute atomic E-state index is 6.35. The first-order valence-corrected chi connectivity index (χ1v) is 5.51. The van der Waals surface area contributed by atoms with Gasteiger partial charge in [-0.15, -0.1) is 0 Å². The van der Waals surface area contributed by atoms with Gasteiger partial charge in [-0.2, -0.15) is 0 Å². The number of hydrogen-bond acceptors (Lipinski definition) is 1. The summed E-state index contributed by atoms with van der Waals surface area (Å²) in [4.78, 5) is 0. The van der Waals surface area contributed by atoms with Crippen molar-refractivity contribution in [3.05, 3.63) is 35.4 Å². The molecule has 1 unspecified atom stereocenters. The molecule has 0 amide bonds. The maximum Gasteiger partial charge on any atom is 0.103 e. The summed E-state index contributed by atoms with van der Waals surface area (Å²) in [5, 5.41) is 0. The molecule has 1 spiro atoms. The number of rotatable bonds is 0. The van der Waals surface area contributed by atoms with Crippen LogP contribution in [0.3, 0.4) is 0 Å². The summed E-state index contributed by atoms with van der Waals surface area (Å²) in [7, 11) is 0. The van der Waals surface area contributed by atoms with Gasteiger partial charge in [0.2, 0.25) is 0 Å². The lowest BCUT2D eigenvalue weighted by atomic mass is 9.98. The van der Waals surface area contributed by atoms with Crippen LogP contribution in [0, 0.1) is 5.41 Å². The van der Waals surface area contributed by atoms with Gasteiger partial charge in [0.1, 0.15) is 4.45 Å². The normalized spacial score (nSPS) is 33.4. The third-order valence-electron chi connectivity index (χ3n) is 3.56. The molecule has 0 heterocycles. The minimum Gasteiger partial charge on any atom is -0.312 e. The van der Waals surface area contributed by atoms with Gasteiger partial charge in [0.05, 0.1) is 0 Å². The second-order valence-electron chi connectivity index (χ2n) is 4.33. The van der Waals surface area contributed by atoms with E-state index in [9.17, 15) is 0 Å². The average Bonchev–Trinajstić information content (AvgIpc) is 2.82. The first-order chi connectivity index (χ1) is 6.16. The molecule has 3 rings (SSSR count). The van der Waals surface area contributed by atoms with Crippen molar-refractivity contribution in [2.75, 3.05) is 0 Å². The van der Waals surface area contributed by atoms with Crippen LogP contribution >= 0.6 is 15.9 Å². The third-order valence-corrected chi connectivity index (χ3v) is 4.83. The fourth-order valence-corrected chi connectivity index (χ4v) is 3.42. The molecule has 2 aliphatic rings. The molecule has 0 bridgehead atoms. The predicted octanol–water partition coefficient (Wildman–Crippen LogP) is 2.53. The van der Waals surface area contributed by atoms with E-state index in [1.807, 2.05) is 0 Å². The monoisotopic (exact) mass is 237 g/mol. The molecule has 0 saturated heterocycles. The first kappa shape index (κ1) is 8.01. The van der Waals surface area contributed by atoms with Gasteiger partial charge in [-0.25, -0.2) is 0 Å². The number of hydrogen-bond donors (Lipinski definition) is 1. The molecule has 0 aromatic heterocycles. The molecule has 0 aliphatic heterocycles. The van der Waals surface area contributed by atoms with E-state index in [-0.39, 0.29) is 4.45 Å². The quantitative estimate of drug-likeness (QED) is 0.545. The van der Waals surface area contributed by atoms with Crippen LogP contribution in [0.1, 0.15) is 24.0 Å². The lowest BCUT2D eigenvalue weighted by molar-refractivity contribution is 0.413. The van der Waals surface area contributed by atoms with Crippen LogP contribution in [0.15, 0.2) is 24.3 Å². The Hall–Kier alpha value is -0.340. The zero-order valence-electron chi connectivity index (χ0n) is 7.39. The van der Waals surface area contributed by atoms with Crippen molar-refractivity contribution in [3.63, 3.8) is 0 Å². The van der Waals surface area contributed by atoms with Crippen LogP contribution in [0.4, 0.5) is 0 Å². The number of nitrogens with two attached hydrogens (primary N) is 1. The van der Waals surface area contributed by atoms with Crippen LogP contribution < -0.4 is 5.73 Å². The van der Waals surface area contributed by atoms with Crippen LogP contribution in [0.5, 0.6) is 0 Å². The van der Waals surface area contributed by atoms with E-state index in [4.69, 9.17) is 5.73 Å². The first-order valence-electron chi connectivity index (χ1n) is 4.72. The Morgan fingerprint density at radius 2 is 1.92 bits per heavy atom. The van der Waals surface area contributed by atoms with Crippen molar-refractivity contribution < 1.29 is 0 Å². The Labute approximate surface area is 86.5 Å². The van der Waals surface area contributed by atoms with Crippen molar-refractivity contribution in [1.82, 2.24) is 0 Å². The van der Waals surface area contributed by atoms with Crippen molar-refractivity contribution in [2.24, 2.45) is 11.1 Å². The van der Waals surface area contributed by atoms with E-state index < -0.39 is 0 Å². The summed E-state index contributed by atoms with van der Waals surface area (Å²) in [6.07, 6.45) is 3.69. The fraction of sp³-hybridized carbons (Fsp3) is 0.455. The summed E-state index contributed by atoms with van der Waals surface area (Å²) in [6, 6.07) is 8.52. The summed E-state index contributed by atoms with van der Waals surface area (Å²) in [5.41, 5.74) is 9.42. The van der Waals surface area contributed by atoms with E-state index in [0.717, 1.165) is 6.42 Å². The average molecular weight is 238 g/mol. The molecule has 1 fully saturated rings. The number of alkyl halides is 1. The summed E-state index contributed by atoms with van der Waals surface area (Å²) >= 11 is 3.70. The molecule has 2 aliphatic carbocycles. The van der Waals surface area contributed by atoms with E-state index in [2.05, 4.69) is 40.2 Å². The van der Waals surface area contributed by atoms with Crippen molar-refractivity contribution >= 4 is 15.9 Å². The van der Waals surface area contributed by atoms with Crippen LogP contribution in [-0.2, 0) is 10.9 Å². The molecule has 1 saturated carbocycles. The second kappa shape index (κ2) is 2.18. The molecular formula is C11H12BrN. The lowest BCUT2D eigenvalue weighted by Gasteiger charge is -2.25. The second-order valence-corrected chi connectivity index (χ2v) is 5.58. The molecule has 2 heteroatoms. The molecule has 2 N–H and O–H groups in total. The summed E-state index contributed by atoms with van der Waals surface area (Å²) in [5.74, 6) is 0. The topological polar surface area (TPSA) is 26.0 Å². The third kappa shape index (κ3) is 0.856. The Morgan fingerprint density at radius 1 is 1.23 bits per heavy atom. The fourth-order valence-electron chi connectivity index (χ4n) is 2.50. The zero-order valence-corrected chi connectivity index (χ0v) is 8.97. The summed E-state index contributed by atoms with van der Waals surface area (Å²) < 4.78 is -0.253. The Morgan fingerprint density at radius 3 is 2.54 bits per heavy atom. The van der Waals surface area contributed by atoms with Gasteiger partial charge < -0.3 is 5.73 Å². The molecule has 1 aromatic rings. The minimum absolute atomic E-state index is 0.253. The van der Waals surface area contributed by atoms with Crippen molar-refractivity contribution in [3.8, 4) is 0 Å². The van der Waals surface area contributed by atoms with E-state index in [1.165, 1.54) is 24.0 Å². The Kier molecular flexibility index (Phi) is 1.34. The Bertz CT molecular complexity index is 366. The van der Waals surface area contributed by atoms with Crippen molar-refractivity contribution in [1.29, 1.82) is 0 Å². The molecule has 68 valence electrons. The highest BCUT2D eigenvalue weighted by atomic mass is 79.9. The molecule has 1 aromatic carbocycles. The van der Waals surface area contributed by atoms with Gasteiger partial charge in [0.25, 0.3) is 0 Å². The largest absolute Gasteiger partial charge is 0.312 e. The van der Waals surface area contributed by atoms with Crippen molar-refractivity contribution in [2.45, 2.75) is 23.7 Å². The van der Waals surface area contributed by atoms with Gasteiger partial charge in [0, 0.05) is 5.41 Å². The highest BCUT2D eigenvalue weighted by Gasteiger charge is 2.61. The molecular weight excluding hydrogens is 226 g/mol. The van der Waals surface area contributed by atoms with Gasteiger partial charge in [-0.3, -0.25) is 0 Å². The SMILES string of the molecule is NC1(Br)c2ccccc2CC12CC2. The van der Waals surface area contributed by atoms with Crippen LogP contribution in [0.25, 0.3) is 0 Å². The van der Waals surface area contributed by atoms with E-state index in [0.29, 0.717) is 5.41 Å². The maximum atomic E-state index is 6.35.